The molecular weight excluding hydrogens is 236 g/mol. The zero-order valence-corrected chi connectivity index (χ0v) is 12.7. The predicted molar refractivity (Wildman–Crippen MR) is 79.2 cm³/mol. The first kappa shape index (κ1) is 14.6. The van der Waals surface area contributed by atoms with Crippen LogP contribution >= 0.6 is 0 Å². The lowest BCUT2D eigenvalue weighted by atomic mass is 9.94. The summed E-state index contributed by atoms with van der Waals surface area (Å²) >= 11 is 0. The van der Waals surface area contributed by atoms with Gasteiger partial charge in [0.2, 0.25) is 0 Å². The standard InChI is InChI=1S/C16H28N2O/c1-4-17-11-16-10-14(13(2)19-16)12-18(3)15-8-6-5-7-9-15/h10,15,17H,4-9,11-12H2,1-3H3. The minimum atomic E-state index is 0.764. The van der Waals surface area contributed by atoms with Gasteiger partial charge in [-0.15, -0.1) is 0 Å². The van der Waals surface area contributed by atoms with E-state index >= 15 is 0 Å². The van der Waals surface area contributed by atoms with E-state index in [0.717, 1.165) is 37.2 Å². The van der Waals surface area contributed by atoms with E-state index in [4.69, 9.17) is 4.42 Å². The van der Waals surface area contributed by atoms with Gasteiger partial charge in [0, 0.05) is 18.2 Å². The second-order valence-electron chi connectivity index (χ2n) is 5.78. The summed E-state index contributed by atoms with van der Waals surface area (Å²) in [6.07, 6.45) is 6.92. The van der Waals surface area contributed by atoms with Gasteiger partial charge in [0.1, 0.15) is 11.5 Å². The van der Waals surface area contributed by atoms with Gasteiger partial charge in [0.25, 0.3) is 0 Å². The summed E-state index contributed by atoms with van der Waals surface area (Å²) in [7, 11) is 2.26. The highest BCUT2D eigenvalue weighted by Gasteiger charge is 2.19. The Morgan fingerprint density at radius 2 is 2.05 bits per heavy atom. The molecule has 0 unspecified atom stereocenters. The van der Waals surface area contributed by atoms with E-state index in [-0.39, 0.29) is 0 Å². The van der Waals surface area contributed by atoms with Crippen LogP contribution in [0.2, 0.25) is 0 Å². The summed E-state index contributed by atoms with van der Waals surface area (Å²) < 4.78 is 5.82. The SMILES string of the molecule is CCNCc1cc(CN(C)C2CCCCC2)c(C)o1. The van der Waals surface area contributed by atoms with Crippen molar-refractivity contribution in [2.24, 2.45) is 0 Å². The first-order chi connectivity index (χ1) is 9.20. The molecule has 108 valence electrons. The number of hydrogen-bond acceptors (Lipinski definition) is 3. The number of aryl methyl sites for hydroxylation is 1. The molecule has 0 amide bonds. The molecule has 3 nitrogen and oxygen atoms in total. The fraction of sp³-hybridized carbons (Fsp3) is 0.750. The van der Waals surface area contributed by atoms with Crippen LogP contribution in [0.25, 0.3) is 0 Å². The summed E-state index contributed by atoms with van der Waals surface area (Å²) in [4.78, 5) is 2.51. The van der Waals surface area contributed by atoms with Gasteiger partial charge in [-0.05, 0) is 39.4 Å². The molecule has 0 spiro atoms. The molecule has 0 saturated heterocycles. The Balaban J connectivity index is 1.91. The number of nitrogens with one attached hydrogen (secondary N) is 1. The van der Waals surface area contributed by atoms with E-state index in [1.54, 1.807) is 0 Å². The van der Waals surface area contributed by atoms with Crippen molar-refractivity contribution in [3.63, 3.8) is 0 Å². The van der Waals surface area contributed by atoms with Crippen molar-refractivity contribution in [1.82, 2.24) is 10.2 Å². The molecular formula is C16H28N2O. The molecule has 1 aromatic heterocycles. The van der Waals surface area contributed by atoms with E-state index in [1.165, 1.54) is 37.7 Å². The van der Waals surface area contributed by atoms with E-state index < -0.39 is 0 Å². The molecule has 19 heavy (non-hydrogen) atoms. The molecule has 1 heterocycles. The summed E-state index contributed by atoms with van der Waals surface area (Å²) in [6.45, 7) is 7.04. The van der Waals surface area contributed by atoms with Crippen molar-refractivity contribution < 1.29 is 4.42 Å². The van der Waals surface area contributed by atoms with Crippen LogP contribution in [0.15, 0.2) is 10.5 Å². The summed E-state index contributed by atoms with van der Waals surface area (Å²) in [5.74, 6) is 2.14. The van der Waals surface area contributed by atoms with Gasteiger partial charge in [-0.1, -0.05) is 26.2 Å². The third-order valence-corrected chi connectivity index (χ3v) is 4.24. The lowest BCUT2D eigenvalue weighted by molar-refractivity contribution is 0.184. The van der Waals surface area contributed by atoms with Gasteiger partial charge in [-0.2, -0.15) is 0 Å². The van der Waals surface area contributed by atoms with Crippen LogP contribution in [-0.2, 0) is 13.1 Å². The van der Waals surface area contributed by atoms with Crippen LogP contribution in [0.3, 0.4) is 0 Å². The zero-order valence-electron chi connectivity index (χ0n) is 12.7. The maximum Gasteiger partial charge on any atom is 0.118 e. The van der Waals surface area contributed by atoms with E-state index in [9.17, 15) is 0 Å². The van der Waals surface area contributed by atoms with Crippen molar-refractivity contribution in [3.05, 3.63) is 23.2 Å². The molecule has 1 saturated carbocycles. The smallest absolute Gasteiger partial charge is 0.118 e. The number of hydrogen-bond donors (Lipinski definition) is 1. The van der Waals surface area contributed by atoms with E-state index in [0.29, 0.717) is 0 Å². The average Bonchev–Trinajstić information content (AvgIpc) is 2.78. The first-order valence-corrected chi connectivity index (χ1v) is 7.70. The highest BCUT2D eigenvalue weighted by atomic mass is 16.3. The lowest BCUT2D eigenvalue weighted by Crippen LogP contribution is -2.32. The van der Waals surface area contributed by atoms with Crippen molar-refractivity contribution in [2.75, 3.05) is 13.6 Å². The van der Waals surface area contributed by atoms with Gasteiger partial charge in [-0.25, -0.2) is 0 Å². The van der Waals surface area contributed by atoms with Crippen LogP contribution < -0.4 is 5.32 Å². The van der Waals surface area contributed by atoms with E-state index in [2.05, 4.69) is 37.2 Å². The van der Waals surface area contributed by atoms with Crippen LogP contribution in [-0.4, -0.2) is 24.5 Å². The average molecular weight is 264 g/mol. The second-order valence-corrected chi connectivity index (χ2v) is 5.78. The van der Waals surface area contributed by atoms with Crippen molar-refractivity contribution in [1.29, 1.82) is 0 Å². The largest absolute Gasteiger partial charge is 0.465 e. The molecule has 0 bridgehead atoms. The Labute approximate surface area is 117 Å². The maximum atomic E-state index is 5.82. The quantitative estimate of drug-likeness (QED) is 0.853. The van der Waals surface area contributed by atoms with Gasteiger partial charge in [0.05, 0.1) is 6.54 Å². The summed E-state index contributed by atoms with van der Waals surface area (Å²) in [6, 6.07) is 2.98. The number of rotatable bonds is 6. The molecule has 0 aromatic carbocycles. The Morgan fingerprint density at radius 1 is 1.32 bits per heavy atom. The molecule has 1 aliphatic rings. The highest BCUT2D eigenvalue weighted by Crippen LogP contribution is 2.24. The fourth-order valence-corrected chi connectivity index (χ4v) is 3.00. The van der Waals surface area contributed by atoms with Crippen LogP contribution in [0.1, 0.15) is 56.1 Å². The molecule has 0 radical (unpaired) electrons. The molecule has 2 rings (SSSR count). The van der Waals surface area contributed by atoms with E-state index in [1.807, 2.05) is 0 Å². The highest BCUT2D eigenvalue weighted by molar-refractivity contribution is 5.20. The molecule has 1 fully saturated rings. The fourth-order valence-electron chi connectivity index (χ4n) is 3.00. The van der Waals surface area contributed by atoms with Crippen LogP contribution in [0.5, 0.6) is 0 Å². The molecule has 0 atom stereocenters. The Morgan fingerprint density at radius 3 is 2.74 bits per heavy atom. The third-order valence-electron chi connectivity index (χ3n) is 4.24. The first-order valence-electron chi connectivity index (χ1n) is 7.70. The lowest BCUT2D eigenvalue weighted by Gasteiger charge is -2.30. The minimum Gasteiger partial charge on any atom is -0.465 e. The van der Waals surface area contributed by atoms with Gasteiger partial charge in [0.15, 0.2) is 0 Å². The molecule has 3 heteroatoms. The molecule has 1 aromatic rings. The topological polar surface area (TPSA) is 28.4 Å². The molecule has 0 aliphatic heterocycles. The van der Waals surface area contributed by atoms with Crippen molar-refractivity contribution >= 4 is 0 Å². The van der Waals surface area contributed by atoms with Gasteiger partial charge in [-0.3, -0.25) is 4.90 Å². The monoisotopic (exact) mass is 264 g/mol. The summed E-state index contributed by atoms with van der Waals surface area (Å²) in [5.41, 5.74) is 1.35. The van der Waals surface area contributed by atoms with Gasteiger partial charge >= 0.3 is 0 Å². The van der Waals surface area contributed by atoms with Crippen LogP contribution in [0, 0.1) is 6.92 Å². The third kappa shape index (κ3) is 4.08. The molecule has 1 aliphatic carbocycles. The number of nitrogens with zero attached hydrogens (tertiary/aromatic N) is 1. The van der Waals surface area contributed by atoms with Crippen molar-refractivity contribution in [2.45, 2.75) is 65.1 Å². The van der Waals surface area contributed by atoms with Gasteiger partial charge < -0.3 is 9.73 Å². The Bertz CT molecular complexity index is 380. The summed E-state index contributed by atoms with van der Waals surface area (Å²) in [5, 5.41) is 3.31. The Hall–Kier alpha value is -0.800. The Kier molecular flexibility index (Phi) is 5.46. The number of furan rings is 1. The minimum absolute atomic E-state index is 0.764. The maximum absolute atomic E-state index is 5.82. The normalized spacial score (nSPS) is 17.3. The molecule has 1 N–H and O–H groups in total. The van der Waals surface area contributed by atoms with Crippen molar-refractivity contribution in [3.8, 4) is 0 Å². The van der Waals surface area contributed by atoms with Crippen LogP contribution in [0.4, 0.5) is 0 Å². The predicted octanol–water partition coefficient (Wildman–Crippen LogP) is 3.46. The second kappa shape index (κ2) is 7.11. The zero-order chi connectivity index (χ0) is 13.7.